The van der Waals surface area contributed by atoms with Crippen LogP contribution < -0.4 is 5.73 Å². The van der Waals surface area contributed by atoms with Crippen LogP contribution in [-0.4, -0.2) is 47.1 Å². The Morgan fingerprint density at radius 3 is 2.73 bits per heavy atom. The molecule has 88 valence electrons. The van der Waals surface area contributed by atoms with Crippen molar-refractivity contribution < 1.29 is 8.42 Å². The molecule has 1 aliphatic heterocycles. The quantitative estimate of drug-likeness (QED) is 0.752. The van der Waals surface area contributed by atoms with Crippen LogP contribution in [-0.2, 0) is 10.0 Å². The zero-order chi connectivity index (χ0) is 11.6. The number of sulfonamides is 1. The van der Waals surface area contributed by atoms with Gasteiger partial charge in [-0.2, -0.15) is 16.1 Å². The number of hydrogen-bond donors (Lipinski definition) is 1. The zero-order valence-electron chi connectivity index (χ0n) is 8.84. The summed E-state index contributed by atoms with van der Waals surface area (Å²) in [5, 5.41) is 0.319. The molecule has 2 atom stereocenters. The summed E-state index contributed by atoms with van der Waals surface area (Å²) in [6, 6.07) is 0.0168. The maximum atomic E-state index is 11.9. The van der Waals surface area contributed by atoms with E-state index in [1.165, 1.54) is 4.31 Å². The van der Waals surface area contributed by atoms with Gasteiger partial charge in [0, 0.05) is 23.6 Å². The SMILES string of the molecule is CC1SCCN(S(=O)(=O)CC(N)=S)C1C. The van der Waals surface area contributed by atoms with E-state index in [0.717, 1.165) is 5.75 Å². The predicted molar refractivity (Wildman–Crippen MR) is 68.7 cm³/mol. The molecule has 0 amide bonds. The number of hydrogen-bond acceptors (Lipinski definition) is 4. The number of nitrogens with two attached hydrogens (primary N) is 1. The fraction of sp³-hybridized carbons (Fsp3) is 0.875. The van der Waals surface area contributed by atoms with Gasteiger partial charge in [-0.15, -0.1) is 0 Å². The Kier molecular flexibility index (Phi) is 4.39. The lowest BCUT2D eigenvalue weighted by Gasteiger charge is -2.36. The predicted octanol–water partition coefficient (Wildman–Crippen LogP) is 0.428. The molecule has 0 aliphatic carbocycles. The van der Waals surface area contributed by atoms with Crippen molar-refractivity contribution in [3.05, 3.63) is 0 Å². The van der Waals surface area contributed by atoms with Crippen molar-refractivity contribution in [3.63, 3.8) is 0 Å². The fourth-order valence-corrected chi connectivity index (χ4v) is 4.88. The molecule has 0 aromatic carbocycles. The lowest BCUT2D eigenvalue weighted by Crippen LogP contribution is -2.49. The Balaban J connectivity index is 2.82. The summed E-state index contributed by atoms with van der Waals surface area (Å²) < 4.78 is 25.3. The van der Waals surface area contributed by atoms with Crippen LogP contribution in [0, 0.1) is 0 Å². The molecule has 0 spiro atoms. The standard InChI is InChI=1S/C8H16N2O2S3/c1-6-7(2)14-4-3-10(6)15(11,12)5-8(9)13/h6-7H,3-5H2,1-2H3,(H2,9,13). The van der Waals surface area contributed by atoms with Gasteiger partial charge in [0.25, 0.3) is 0 Å². The number of rotatable bonds is 3. The highest BCUT2D eigenvalue weighted by Crippen LogP contribution is 2.26. The highest BCUT2D eigenvalue weighted by atomic mass is 32.2. The second-order valence-corrected chi connectivity index (χ2v) is 7.58. The Morgan fingerprint density at radius 1 is 1.60 bits per heavy atom. The molecular formula is C8H16N2O2S3. The fourth-order valence-electron chi connectivity index (χ4n) is 1.56. The van der Waals surface area contributed by atoms with Gasteiger partial charge < -0.3 is 5.73 Å². The molecule has 0 aromatic rings. The van der Waals surface area contributed by atoms with E-state index in [9.17, 15) is 8.42 Å². The van der Waals surface area contributed by atoms with Crippen molar-refractivity contribution in [2.45, 2.75) is 25.1 Å². The second kappa shape index (κ2) is 4.99. The molecule has 0 saturated carbocycles. The summed E-state index contributed by atoms with van der Waals surface area (Å²) >= 11 is 6.44. The van der Waals surface area contributed by atoms with Crippen molar-refractivity contribution in [1.82, 2.24) is 4.31 Å². The first-order valence-corrected chi connectivity index (χ1v) is 7.80. The van der Waals surface area contributed by atoms with E-state index in [4.69, 9.17) is 5.73 Å². The van der Waals surface area contributed by atoms with Crippen LogP contribution in [0.15, 0.2) is 0 Å². The summed E-state index contributed by atoms with van der Waals surface area (Å²) in [7, 11) is -3.31. The van der Waals surface area contributed by atoms with Gasteiger partial charge >= 0.3 is 0 Å². The number of thiocarbonyl (C=S) groups is 1. The molecule has 2 unspecified atom stereocenters. The number of thioether (sulfide) groups is 1. The Hall–Kier alpha value is 0.150. The lowest BCUT2D eigenvalue weighted by molar-refractivity contribution is 0.342. The third kappa shape index (κ3) is 3.30. The first kappa shape index (κ1) is 13.2. The van der Waals surface area contributed by atoms with Gasteiger partial charge in [0.05, 0.1) is 4.99 Å². The molecule has 2 N–H and O–H groups in total. The van der Waals surface area contributed by atoms with E-state index >= 15 is 0 Å². The van der Waals surface area contributed by atoms with Gasteiger partial charge in [-0.25, -0.2) is 8.42 Å². The zero-order valence-corrected chi connectivity index (χ0v) is 11.3. The molecule has 0 bridgehead atoms. The molecule has 0 aromatic heterocycles. The minimum Gasteiger partial charge on any atom is -0.392 e. The smallest absolute Gasteiger partial charge is 0.220 e. The molecule has 1 fully saturated rings. The molecule has 15 heavy (non-hydrogen) atoms. The summed E-state index contributed by atoms with van der Waals surface area (Å²) in [5.41, 5.74) is 5.29. The summed E-state index contributed by atoms with van der Waals surface area (Å²) in [6.45, 7) is 4.52. The van der Waals surface area contributed by atoms with Crippen LogP contribution in [0.25, 0.3) is 0 Å². The van der Waals surface area contributed by atoms with Gasteiger partial charge in [-0.3, -0.25) is 0 Å². The van der Waals surface area contributed by atoms with E-state index in [2.05, 4.69) is 12.2 Å². The normalized spacial score (nSPS) is 28.9. The third-order valence-corrected chi connectivity index (χ3v) is 6.08. The van der Waals surface area contributed by atoms with Crippen LogP contribution in [0.4, 0.5) is 0 Å². The lowest BCUT2D eigenvalue weighted by atomic mass is 10.2. The molecule has 1 aliphatic rings. The molecule has 4 nitrogen and oxygen atoms in total. The van der Waals surface area contributed by atoms with Crippen molar-refractivity contribution in [2.24, 2.45) is 5.73 Å². The monoisotopic (exact) mass is 268 g/mol. The molecular weight excluding hydrogens is 252 g/mol. The average molecular weight is 268 g/mol. The van der Waals surface area contributed by atoms with Gasteiger partial charge in [0.2, 0.25) is 10.0 Å². The summed E-state index contributed by atoms with van der Waals surface area (Å²) in [5.74, 6) is 0.617. The highest BCUT2D eigenvalue weighted by molar-refractivity contribution is 8.00. The molecule has 7 heteroatoms. The highest BCUT2D eigenvalue weighted by Gasteiger charge is 2.33. The van der Waals surface area contributed by atoms with Gasteiger partial charge in [0.1, 0.15) is 5.75 Å². The van der Waals surface area contributed by atoms with E-state index in [1.807, 2.05) is 13.8 Å². The maximum Gasteiger partial charge on any atom is 0.220 e. The molecule has 1 rings (SSSR count). The molecule has 1 heterocycles. The minimum atomic E-state index is -3.31. The van der Waals surface area contributed by atoms with Crippen LogP contribution in [0.5, 0.6) is 0 Å². The number of nitrogens with zero attached hydrogens (tertiary/aromatic N) is 1. The van der Waals surface area contributed by atoms with E-state index in [-0.39, 0.29) is 16.8 Å². The first-order chi connectivity index (χ1) is 6.84. The Labute approximate surface area is 101 Å². The van der Waals surface area contributed by atoms with Crippen LogP contribution >= 0.6 is 24.0 Å². The van der Waals surface area contributed by atoms with Gasteiger partial charge in [-0.1, -0.05) is 19.1 Å². The molecule has 0 radical (unpaired) electrons. The van der Waals surface area contributed by atoms with Crippen LogP contribution in [0.2, 0.25) is 0 Å². The van der Waals surface area contributed by atoms with E-state index in [0.29, 0.717) is 11.8 Å². The topological polar surface area (TPSA) is 63.4 Å². The van der Waals surface area contributed by atoms with Crippen LogP contribution in [0.1, 0.15) is 13.8 Å². The maximum absolute atomic E-state index is 11.9. The Bertz CT molecular complexity index is 342. The van der Waals surface area contributed by atoms with Gasteiger partial charge in [0.15, 0.2) is 0 Å². The average Bonchev–Trinajstić information content (AvgIpc) is 2.07. The largest absolute Gasteiger partial charge is 0.392 e. The molecule has 1 saturated heterocycles. The van der Waals surface area contributed by atoms with E-state index < -0.39 is 10.0 Å². The van der Waals surface area contributed by atoms with Crippen molar-refractivity contribution >= 4 is 39.0 Å². The Morgan fingerprint density at radius 2 is 2.20 bits per heavy atom. The second-order valence-electron chi connectivity index (χ2n) is 3.65. The summed E-state index contributed by atoms with van der Waals surface area (Å²) in [6.07, 6.45) is 0. The van der Waals surface area contributed by atoms with Crippen LogP contribution in [0.3, 0.4) is 0 Å². The van der Waals surface area contributed by atoms with Crippen molar-refractivity contribution in [2.75, 3.05) is 18.1 Å². The van der Waals surface area contributed by atoms with Crippen molar-refractivity contribution in [3.8, 4) is 0 Å². The van der Waals surface area contributed by atoms with E-state index in [1.54, 1.807) is 11.8 Å². The first-order valence-electron chi connectivity index (χ1n) is 4.74. The van der Waals surface area contributed by atoms with Crippen molar-refractivity contribution in [1.29, 1.82) is 0 Å². The van der Waals surface area contributed by atoms with Gasteiger partial charge in [-0.05, 0) is 6.92 Å². The minimum absolute atomic E-state index is 0.0168. The third-order valence-electron chi connectivity index (χ3n) is 2.51. The summed E-state index contributed by atoms with van der Waals surface area (Å²) in [4.78, 5) is 0.0353.